The first-order valence-electron chi connectivity index (χ1n) is 25.0. The Morgan fingerprint density at radius 3 is 1.79 bits per heavy atom. The molecule has 73 heavy (non-hydrogen) atoms. The number of fused-ring (bicyclic) bond motifs is 7. The largest absolute Gasteiger partial charge is 2.00 e. The summed E-state index contributed by atoms with van der Waals surface area (Å²) in [4.78, 5) is 4.96. The molecule has 0 atom stereocenters. The predicted octanol–water partition coefficient (Wildman–Crippen LogP) is 17.1. The molecule has 0 saturated carbocycles. The molecule has 0 radical (unpaired) electrons. The van der Waals surface area contributed by atoms with Gasteiger partial charge in [-0.3, -0.25) is 0 Å². The summed E-state index contributed by atoms with van der Waals surface area (Å²) in [7, 11) is 0. The number of hydrogen-bond donors (Lipinski definition) is 0. The van der Waals surface area contributed by atoms with Crippen molar-refractivity contribution in [3.63, 3.8) is 0 Å². The van der Waals surface area contributed by atoms with E-state index in [9.17, 15) is 0 Å². The Kier molecular flexibility index (Phi) is 11.7. The molecule has 4 heterocycles. The van der Waals surface area contributed by atoms with Gasteiger partial charge in [-0.05, 0) is 90.4 Å². The topological polar surface area (TPSA) is 38.0 Å². The zero-order valence-electron chi connectivity index (χ0n) is 42.8. The number of ether oxygens (including phenoxy) is 1. The van der Waals surface area contributed by atoms with Crippen molar-refractivity contribution in [3.05, 3.63) is 211 Å². The molecule has 0 unspecified atom stereocenters. The number of para-hydroxylation sites is 3. The van der Waals surface area contributed by atoms with Crippen LogP contribution in [0.4, 0.5) is 22.7 Å². The number of rotatable bonds is 7. The number of aromatic nitrogens is 3. The second kappa shape index (κ2) is 17.8. The smallest absolute Gasteiger partial charge is 0.509 e. The average molecular weight is 1130 g/mol. The van der Waals surface area contributed by atoms with Crippen LogP contribution in [0.15, 0.2) is 182 Å². The first kappa shape index (κ1) is 47.7. The maximum absolute atomic E-state index is 6.81. The molecule has 11 aromatic rings. The van der Waals surface area contributed by atoms with Crippen molar-refractivity contribution in [1.29, 1.82) is 0 Å². The zero-order valence-corrected chi connectivity index (χ0v) is 45.1. The van der Waals surface area contributed by atoms with E-state index >= 15 is 0 Å². The third-order valence-electron chi connectivity index (χ3n) is 14.2. The van der Waals surface area contributed by atoms with Crippen LogP contribution in [0.2, 0.25) is 0 Å². The van der Waals surface area contributed by atoms with Gasteiger partial charge in [0.1, 0.15) is 17.2 Å². The van der Waals surface area contributed by atoms with Crippen LogP contribution in [0, 0.1) is 12.1 Å². The molecule has 1 aliphatic rings. The molecule has 0 saturated heterocycles. The van der Waals surface area contributed by atoms with E-state index in [0.29, 0.717) is 11.5 Å². The van der Waals surface area contributed by atoms with E-state index < -0.39 is 0 Å². The van der Waals surface area contributed by atoms with Crippen LogP contribution in [0.1, 0.15) is 79.0 Å². The van der Waals surface area contributed by atoms with Crippen molar-refractivity contribution in [2.45, 2.75) is 78.6 Å². The third kappa shape index (κ3) is 8.43. The monoisotopic (exact) mass is 1130 g/mol. The molecule has 0 spiro atoms. The summed E-state index contributed by atoms with van der Waals surface area (Å²) in [5, 5.41) is 4.62. The van der Waals surface area contributed by atoms with Gasteiger partial charge in [0, 0.05) is 52.2 Å². The SMILES string of the molecule is CC(C)(C)c1cc([N+]2=C=[N+](c3[c-]c(Oc4[c-]c5c(cc4)c4cc(-c6ccccc6)ccc4n5-c4cc(C(C)(C)C)ccn4)ccc3)c3cccc(-n4c5ccccc5c5ccccc54)c32)cc(C(C)(C)C)c1.[Pt+2]. The van der Waals surface area contributed by atoms with Gasteiger partial charge < -0.3 is 13.9 Å². The summed E-state index contributed by atoms with van der Waals surface area (Å²) in [6.07, 6.45) is 1.91. The Hall–Kier alpha value is -7.62. The van der Waals surface area contributed by atoms with Crippen LogP contribution < -0.4 is 13.9 Å². The van der Waals surface area contributed by atoms with Gasteiger partial charge in [0.2, 0.25) is 5.69 Å². The molecule has 6 nitrogen and oxygen atoms in total. The van der Waals surface area contributed by atoms with Crippen LogP contribution in [0.5, 0.6) is 11.5 Å². The molecule has 3 aromatic heterocycles. The average Bonchev–Trinajstić information content (AvgIpc) is 4.04. The Balaban J connectivity index is 0.00000574. The normalized spacial score (nSPS) is 12.8. The molecule has 0 amide bonds. The number of nitrogens with zero attached hydrogens (tertiary/aromatic N) is 5. The van der Waals surface area contributed by atoms with Gasteiger partial charge in [-0.2, -0.15) is 12.1 Å². The molecule has 0 bridgehead atoms. The van der Waals surface area contributed by atoms with Crippen LogP contribution >= 0.6 is 0 Å². The molecule has 0 N–H and O–H groups in total. The molecule has 1 aliphatic heterocycles. The summed E-state index contributed by atoms with van der Waals surface area (Å²) in [5.41, 5.74) is 15.0. The van der Waals surface area contributed by atoms with E-state index in [0.717, 1.165) is 72.7 Å². The molecular weight excluding hydrogens is 1070 g/mol. The minimum atomic E-state index is -0.0868. The van der Waals surface area contributed by atoms with Crippen LogP contribution in [0.3, 0.4) is 0 Å². The minimum absolute atomic E-state index is 0. The van der Waals surface area contributed by atoms with Gasteiger partial charge in [0.15, 0.2) is 0 Å². The van der Waals surface area contributed by atoms with Crippen molar-refractivity contribution >= 4 is 72.4 Å². The molecule has 360 valence electrons. The summed E-state index contributed by atoms with van der Waals surface area (Å²) in [6.45, 7) is 20.4. The van der Waals surface area contributed by atoms with Crippen LogP contribution in [0.25, 0.3) is 66.2 Å². The standard InChI is InChI=1S/C66H57N5O.Pt/c1-64(2,3)45-33-34-67-62(39-45)71-58-32-29-44(43-19-11-10-12-20-43)35-55(58)54-31-30-51(41-61(54)71)72-50-22-17-21-48(40-50)68-42-69(49-37-46(65(4,5)6)36-47(38-49)66(7,8)9)63-59(68)27-18-28-60(63)70-56-25-15-13-23-52(56)53-24-14-16-26-57(53)70;/h10-39H,1-9H3;/q;+2. The second-order valence-corrected chi connectivity index (χ2v) is 22.2. The molecule has 8 aromatic carbocycles. The van der Waals surface area contributed by atoms with Crippen LogP contribution in [-0.4, -0.2) is 20.1 Å². The van der Waals surface area contributed by atoms with Gasteiger partial charge in [0.25, 0.3) is 5.69 Å². The van der Waals surface area contributed by atoms with Gasteiger partial charge in [-0.15, -0.1) is 23.6 Å². The van der Waals surface area contributed by atoms with Gasteiger partial charge in [-0.1, -0.05) is 176 Å². The molecule has 12 rings (SSSR count). The minimum Gasteiger partial charge on any atom is -0.509 e. The molecular formula is C66H57N5OPt+2. The van der Waals surface area contributed by atoms with E-state index in [-0.39, 0.29) is 37.3 Å². The fourth-order valence-corrected chi connectivity index (χ4v) is 10.3. The predicted molar refractivity (Wildman–Crippen MR) is 299 cm³/mol. The van der Waals surface area contributed by atoms with E-state index in [4.69, 9.17) is 9.72 Å². The third-order valence-corrected chi connectivity index (χ3v) is 14.2. The van der Waals surface area contributed by atoms with Gasteiger partial charge in [0.05, 0.1) is 11.0 Å². The van der Waals surface area contributed by atoms with Crippen molar-refractivity contribution in [1.82, 2.24) is 23.3 Å². The molecule has 0 aliphatic carbocycles. The summed E-state index contributed by atoms with van der Waals surface area (Å²) in [6, 6.07) is 74.0. The summed E-state index contributed by atoms with van der Waals surface area (Å²) < 4.78 is 15.8. The maximum Gasteiger partial charge on any atom is 2.00 e. The van der Waals surface area contributed by atoms with Crippen molar-refractivity contribution in [2.24, 2.45) is 0 Å². The quantitative estimate of drug-likeness (QED) is 0.118. The first-order chi connectivity index (χ1) is 34.6. The van der Waals surface area contributed by atoms with E-state index in [1.54, 1.807) is 0 Å². The Morgan fingerprint density at radius 1 is 0.479 bits per heavy atom. The van der Waals surface area contributed by atoms with Gasteiger partial charge >= 0.3 is 32.8 Å². The number of benzene rings is 8. The second-order valence-electron chi connectivity index (χ2n) is 22.2. The summed E-state index contributed by atoms with van der Waals surface area (Å²) >= 11 is 0. The van der Waals surface area contributed by atoms with E-state index in [1.165, 1.54) is 33.0 Å². The number of pyridine rings is 1. The van der Waals surface area contributed by atoms with Gasteiger partial charge in [-0.25, -0.2) is 4.98 Å². The van der Waals surface area contributed by atoms with E-state index in [2.05, 4.69) is 256 Å². The van der Waals surface area contributed by atoms with Crippen molar-refractivity contribution in [2.75, 3.05) is 0 Å². The fraction of sp³-hybridized carbons (Fsp3) is 0.182. The Morgan fingerprint density at radius 2 is 1.11 bits per heavy atom. The maximum atomic E-state index is 6.81. The molecule has 7 heteroatoms. The zero-order chi connectivity index (χ0) is 49.7. The number of hydrogen-bond acceptors (Lipinski definition) is 2. The van der Waals surface area contributed by atoms with Crippen molar-refractivity contribution in [3.8, 4) is 34.1 Å². The van der Waals surface area contributed by atoms with E-state index in [1.807, 2.05) is 24.4 Å². The summed E-state index contributed by atoms with van der Waals surface area (Å²) in [5.74, 6) is 1.98. The van der Waals surface area contributed by atoms with Crippen molar-refractivity contribution < 1.29 is 25.8 Å². The Bertz CT molecular complexity index is 3970. The molecule has 0 fully saturated rings. The fourth-order valence-electron chi connectivity index (χ4n) is 10.3. The Labute approximate surface area is 442 Å². The first-order valence-corrected chi connectivity index (χ1v) is 25.0. The van der Waals surface area contributed by atoms with Crippen LogP contribution in [-0.2, 0) is 37.3 Å².